The first-order chi connectivity index (χ1) is 9.39. The van der Waals surface area contributed by atoms with Crippen LogP contribution in [0.15, 0.2) is 24.3 Å². The third-order valence-corrected chi connectivity index (χ3v) is 4.00. The van der Waals surface area contributed by atoms with E-state index in [0.717, 1.165) is 11.4 Å². The van der Waals surface area contributed by atoms with Gasteiger partial charge in [0.1, 0.15) is 0 Å². The highest BCUT2D eigenvalue weighted by atomic mass is 16.5. The van der Waals surface area contributed by atoms with E-state index in [-0.39, 0.29) is 0 Å². The van der Waals surface area contributed by atoms with Crippen LogP contribution in [0.1, 0.15) is 33.6 Å². The summed E-state index contributed by atoms with van der Waals surface area (Å²) in [5.74, 6) is 0.679. The molecular weight excluding hydrogens is 252 g/mol. The lowest BCUT2D eigenvalue weighted by Crippen LogP contribution is -2.22. The Hall–Kier alpha value is -1.71. The van der Waals surface area contributed by atoms with Crippen molar-refractivity contribution in [1.29, 1.82) is 0 Å². The first-order valence-corrected chi connectivity index (χ1v) is 7.11. The van der Waals surface area contributed by atoms with Crippen LogP contribution in [0.3, 0.4) is 0 Å². The van der Waals surface area contributed by atoms with Gasteiger partial charge in [0.05, 0.1) is 7.11 Å². The molecule has 1 saturated carbocycles. The summed E-state index contributed by atoms with van der Waals surface area (Å²) in [6, 6.07) is 8.25. The number of anilines is 2. The number of carbonyl (C=O) groups excluding carboxylic acids is 1. The summed E-state index contributed by atoms with van der Waals surface area (Å²) >= 11 is 0. The lowest BCUT2D eigenvalue weighted by Gasteiger charge is -2.20. The summed E-state index contributed by atoms with van der Waals surface area (Å²) in [6.07, 6.45) is 2.00. The lowest BCUT2D eigenvalue weighted by atomic mass is 9.91. The summed E-state index contributed by atoms with van der Waals surface area (Å²) in [4.78, 5) is 11.1. The molecule has 0 bridgehead atoms. The predicted molar refractivity (Wildman–Crippen MR) is 82.1 cm³/mol. The van der Waals surface area contributed by atoms with Gasteiger partial charge in [0.15, 0.2) is 0 Å². The zero-order valence-electron chi connectivity index (χ0n) is 12.7. The summed E-state index contributed by atoms with van der Waals surface area (Å²) in [5.41, 5.74) is 2.25. The molecule has 0 radical (unpaired) electrons. The zero-order valence-corrected chi connectivity index (χ0v) is 12.7. The van der Waals surface area contributed by atoms with Gasteiger partial charge in [-0.05, 0) is 48.4 Å². The fourth-order valence-electron chi connectivity index (χ4n) is 3.12. The molecule has 1 aliphatic carbocycles. The smallest absolute Gasteiger partial charge is 0.411 e. The number of rotatable bonds is 3. The Kier molecular flexibility index (Phi) is 4.21. The fourth-order valence-corrected chi connectivity index (χ4v) is 3.12. The number of carbonyl (C=O) groups is 1. The summed E-state index contributed by atoms with van der Waals surface area (Å²) in [5, 5.41) is 6.24. The number of ether oxygens (including phenoxy) is 1. The molecule has 0 aliphatic heterocycles. The summed E-state index contributed by atoms with van der Waals surface area (Å²) in [7, 11) is 1.36. The number of amides is 1. The molecule has 4 heteroatoms. The van der Waals surface area contributed by atoms with Gasteiger partial charge in [-0.2, -0.15) is 0 Å². The van der Waals surface area contributed by atoms with Crippen molar-refractivity contribution in [1.82, 2.24) is 0 Å². The van der Waals surface area contributed by atoms with Crippen LogP contribution < -0.4 is 10.6 Å². The van der Waals surface area contributed by atoms with E-state index in [1.54, 1.807) is 0 Å². The molecule has 0 spiro atoms. The Morgan fingerprint density at radius 1 is 1.20 bits per heavy atom. The van der Waals surface area contributed by atoms with Gasteiger partial charge in [0.25, 0.3) is 0 Å². The fraction of sp³-hybridized carbons (Fsp3) is 0.562. The van der Waals surface area contributed by atoms with Crippen molar-refractivity contribution in [2.75, 3.05) is 17.7 Å². The Morgan fingerprint density at radius 2 is 1.80 bits per heavy atom. The van der Waals surface area contributed by atoms with E-state index in [1.807, 2.05) is 24.3 Å². The average Bonchev–Trinajstić information content (AvgIpc) is 2.64. The van der Waals surface area contributed by atoms with Crippen molar-refractivity contribution < 1.29 is 9.53 Å². The molecule has 1 fully saturated rings. The number of benzene rings is 1. The highest BCUT2D eigenvalue weighted by Gasteiger charge is 2.36. The molecule has 0 heterocycles. The highest BCUT2D eigenvalue weighted by Crippen LogP contribution is 2.42. The van der Waals surface area contributed by atoms with Crippen molar-refractivity contribution in [3.63, 3.8) is 0 Å². The number of nitrogens with one attached hydrogen (secondary N) is 2. The largest absolute Gasteiger partial charge is 0.453 e. The van der Waals surface area contributed by atoms with E-state index in [0.29, 0.717) is 17.4 Å². The molecule has 2 rings (SSSR count). The van der Waals surface area contributed by atoms with Gasteiger partial charge in [-0.15, -0.1) is 0 Å². The van der Waals surface area contributed by atoms with Gasteiger partial charge < -0.3 is 10.1 Å². The second-order valence-electron chi connectivity index (χ2n) is 6.49. The van der Waals surface area contributed by atoms with Gasteiger partial charge in [-0.25, -0.2) is 4.79 Å². The van der Waals surface area contributed by atoms with Gasteiger partial charge in [-0.1, -0.05) is 20.8 Å². The van der Waals surface area contributed by atoms with Crippen LogP contribution in [0.2, 0.25) is 0 Å². The minimum absolute atomic E-state index is 0.420. The molecule has 0 aromatic heterocycles. The maximum atomic E-state index is 11.1. The zero-order chi connectivity index (χ0) is 14.8. The number of hydrogen-bond acceptors (Lipinski definition) is 3. The van der Waals surface area contributed by atoms with E-state index in [1.165, 1.54) is 20.0 Å². The Morgan fingerprint density at radius 3 is 2.30 bits per heavy atom. The second-order valence-corrected chi connectivity index (χ2v) is 6.49. The van der Waals surface area contributed by atoms with Crippen molar-refractivity contribution in [3.8, 4) is 0 Å². The van der Waals surface area contributed by atoms with Gasteiger partial charge >= 0.3 is 6.09 Å². The normalized spacial score (nSPS) is 24.2. The number of methoxy groups -OCH3 is 1. The van der Waals surface area contributed by atoms with Gasteiger partial charge in [0, 0.05) is 17.4 Å². The van der Waals surface area contributed by atoms with Gasteiger partial charge in [0.2, 0.25) is 0 Å². The van der Waals surface area contributed by atoms with E-state index < -0.39 is 6.09 Å². The number of hydrogen-bond donors (Lipinski definition) is 2. The van der Waals surface area contributed by atoms with Crippen LogP contribution >= 0.6 is 0 Å². The van der Waals surface area contributed by atoms with E-state index in [4.69, 9.17) is 0 Å². The molecule has 2 N–H and O–H groups in total. The maximum absolute atomic E-state index is 11.1. The third kappa shape index (κ3) is 3.65. The standard InChI is InChI=1S/C16H24N2O2/c1-11-9-16(2,3)10-14(11)17-12-5-7-13(8-6-12)18-15(19)20-4/h5-8,11,14,17H,9-10H2,1-4H3,(H,18,19). The molecule has 2 unspecified atom stereocenters. The van der Waals surface area contributed by atoms with Crippen molar-refractivity contribution >= 4 is 17.5 Å². The highest BCUT2D eigenvalue weighted by molar-refractivity contribution is 5.84. The third-order valence-electron chi connectivity index (χ3n) is 4.00. The molecule has 2 atom stereocenters. The monoisotopic (exact) mass is 276 g/mol. The lowest BCUT2D eigenvalue weighted by molar-refractivity contribution is 0.187. The SMILES string of the molecule is COC(=O)Nc1ccc(NC2CC(C)(C)CC2C)cc1. The van der Waals surface area contributed by atoms with E-state index in [2.05, 4.69) is 36.1 Å². The molecule has 1 aromatic carbocycles. The van der Waals surface area contributed by atoms with Crippen LogP contribution in [0.25, 0.3) is 0 Å². The molecule has 20 heavy (non-hydrogen) atoms. The molecule has 1 aliphatic rings. The molecule has 1 aromatic rings. The van der Waals surface area contributed by atoms with E-state index >= 15 is 0 Å². The molecule has 110 valence electrons. The van der Waals surface area contributed by atoms with Crippen LogP contribution in [0.5, 0.6) is 0 Å². The van der Waals surface area contributed by atoms with Crippen molar-refractivity contribution in [3.05, 3.63) is 24.3 Å². The predicted octanol–water partition coefficient (Wildman–Crippen LogP) is 4.10. The van der Waals surface area contributed by atoms with Gasteiger partial charge in [-0.3, -0.25) is 5.32 Å². The molecule has 0 saturated heterocycles. The summed E-state index contributed by atoms with van der Waals surface area (Å²) < 4.78 is 4.56. The Balaban J connectivity index is 1.96. The first kappa shape index (κ1) is 14.7. The minimum atomic E-state index is -0.447. The molecular formula is C16H24N2O2. The Bertz CT molecular complexity index is 468. The van der Waals surface area contributed by atoms with Crippen molar-refractivity contribution in [2.24, 2.45) is 11.3 Å². The quantitative estimate of drug-likeness (QED) is 0.873. The Labute approximate surface area is 120 Å². The summed E-state index contributed by atoms with van der Waals surface area (Å²) in [6.45, 7) is 6.96. The average molecular weight is 276 g/mol. The van der Waals surface area contributed by atoms with E-state index in [9.17, 15) is 4.79 Å². The molecule has 4 nitrogen and oxygen atoms in total. The van der Waals surface area contributed by atoms with Crippen molar-refractivity contribution in [2.45, 2.75) is 39.7 Å². The minimum Gasteiger partial charge on any atom is -0.453 e. The topological polar surface area (TPSA) is 50.4 Å². The maximum Gasteiger partial charge on any atom is 0.411 e. The second kappa shape index (κ2) is 5.73. The van der Waals surface area contributed by atoms with Crippen LogP contribution in [-0.2, 0) is 4.74 Å². The van der Waals surface area contributed by atoms with Crippen LogP contribution in [0.4, 0.5) is 16.2 Å². The first-order valence-electron chi connectivity index (χ1n) is 7.11. The van der Waals surface area contributed by atoms with Crippen LogP contribution in [0, 0.1) is 11.3 Å². The molecule has 1 amide bonds. The van der Waals surface area contributed by atoms with Crippen LogP contribution in [-0.4, -0.2) is 19.2 Å².